The second-order valence-corrected chi connectivity index (χ2v) is 5.16. The number of benzene rings is 1. The second kappa shape index (κ2) is 6.10. The summed E-state index contributed by atoms with van der Waals surface area (Å²) in [5.74, 6) is 2.32. The van der Waals surface area contributed by atoms with Gasteiger partial charge in [-0.3, -0.25) is 0 Å². The Hall–Kier alpha value is -1.22. The summed E-state index contributed by atoms with van der Waals surface area (Å²) in [6.45, 7) is 2.77. The summed E-state index contributed by atoms with van der Waals surface area (Å²) in [5, 5.41) is 0. The molecule has 0 radical (unpaired) electrons. The summed E-state index contributed by atoms with van der Waals surface area (Å²) in [5.41, 5.74) is 6.93. The molecule has 2 rings (SSSR count). The van der Waals surface area contributed by atoms with E-state index in [1.807, 2.05) is 25.1 Å². The van der Waals surface area contributed by atoms with E-state index in [1.165, 1.54) is 25.7 Å². The summed E-state index contributed by atoms with van der Waals surface area (Å²) in [6, 6.07) is 5.96. The van der Waals surface area contributed by atoms with Crippen LogP contribution in [0.1, 0.15) is 44.2 Å². The van der Waals surface area contributed by atoms with Crippen molar-refractivity contribution in [2.75, 3.05) is 13.7 Å². The Morgan fingerprint density at radius 1 is 1.28 bits per heavy atom. The van der Waals surface area contributed by atoms with Crippen molar-refractivity contribution < 1.29 is 9.47 Å². The molecule has 1 aromatic carbocycles. The average Bonchev–Trinajstić information content (AvgIpc) is 2.89. The Morgan fingerprint density at radius 3 is 2.61 bits per heavy atom. The number of rotatable bonds is 5. The number of hydrogen-bond donors (Lipinski definition) is 1. The van der Waals surface area contributed by atoms with Gasteiger partial charge in [0.25, 0.3) is 0 Å². The van der Waals surface area contributed by atoms with Crippen molar-refractivity contribution in [3.8, 4) is 11.5 Å². The summed E-state index contributed by atoms with van der Waals surface area (Å²) in [4.78, 5) is 0. The molecule has 3 heteroatoms. The summed E-state index contributed by atoms with van der Waals surface area (Å²) < 4.78 is 11.3. The first kappa shape index (κ1) is 13.2. The van der Waals surface area contributed by atoms with Gasteiger partial charge in [-0.1, -0.05) is 18.9 Å². The SMILES string of the molecule is COc1cc([C@@H](C)N)ccc1OCC1CCCC1. The third kappa shape index (κ3) is 3.16. The van der Waals surface area contributed by atoms with Gasteiger partial charge in [0, 0.05) is 6.04 Å². The molecule has 0 aliphatic heterocycles. The van der Waals surface area contributed by atoms with Crippen LogP contribution in [-0.4, -0.2) is 13.7 Å². The van der Waals surface area contributed by atoms with Gasteiger partial charge in [-0.2, -0.15) is 0 Å². The van der Waals surface area contributed by atoms with E-state index in [1.54, 1.807) is 7.11 Å². The Morgan fingerprint density at radius 2 is 2.00 bits per heavy atom. The van der Waals surface area contributed by atoms with Crippen LogP contribution in [0.15, 0.2) is 18.2 Å². The molecule has 0 bridgehead atoms. The molecule has 1 saturated carbocycles. The Labute approximate surface area is 109 Å². The van der Waals surface area contributed by atoms with Crippen molar-refractivity contribution in [3.05, 3.63) is 23.8 Å². The average molecular weight is 249 g/mol. The van der Waals surface area contributed by atoms with E-state index >= 15 is 0 Å². The maximum Gasteiger partial charge on any atom is 0.161 e. The highest BCUT2D eigenvalue weighted by Crippen LogP contribution is 2.32. The highest BCUT2D eigenvalue weighted by atomic mass is 16.5. The Kier molecular flexibility index (Phi) is 4.48. The molecule has 1 aromatic rings. The maximum absolute atomic E-state index is 5.88. The van der Waals surface area contributed by atoms with Gasteiger partial charge in [0.05, 0.1) is 13.7 Å². The molecule has 0 heterocycles. The van der Waals surface area contributed by atoms with Gasteiger partial charge in [-0.15, -0.1) is 0 Å². The zero-order chi connectivity index (χ0) is 13.0. The topological polar surface area (TPSA) is 44.5 Å². The van der Waals surface area contributed by atoms with Gasteiger partial charge in [0.2, 0.25) is 0 Å². The lowest BCUT2D eigenvalue weighted by Gasteiger charge is -2.15. The Bertz CT molecular complexity index is 384. The van der Waals surface area contributed by atoms with Crippen LogP contribution in [0.5, 0.6) is 11.5 Å². The molecule has 100 valence electrons. The van der Waals surface area contributed by atoms with E-state index in [4.69, 9.17) is 15.2 Å². The monoisotopic (exact) mass is 249 g/mol. The van der Waals surface area contributed by atoms with Crippen LogP contribution in [0.2, 0.25) is 0 Å². The standard InChI is InChI=1S/C15H23NO2/c1-11(16)13-7-8-14(15(9-13)17-2)18-10-12-5-3-4-6-12/h7-9,11-12H,3-6,10,16H2,1-2H3/t11-/m1/s1. The molecule has 0 saturated heterocycles. The van der Waals surface area contributed by atoms with Crippen LogP contribution in [0.4, 0.5) is 0 Å². The van der Waals surface area contributed by atoms with E-state index < -0.39 is 0 Å². The van der Waals surface area contributed by atoms with E-state index in [0.717, 1.165) is 23.7 Å². The molecule has 0 spiro atoms. The van der Waals surface area contributed by atoms with Crippen molar-refractivity contribution in [3.63, 3.8) is 0 Å². The zero-order valence-electron chi connectivity index (χ0n) is 11.3. The quantitative estimate of drug-likeness (QED) is 0.871. The predicted molar refractivity (Wildman–Crippen MR) is 73.0 cm³/mol. The molecular formula is C15H23NO2. The number of hydrogen-bond acceptors (Lipinski definition) is 3. The van der Waals surface area contributed by atoms with Crippen molar-refractivity contribution in [1.29, 1.82) is 0 Å². The van der Waals surface area contributed by atoms with Gasteiger partial charge >= 0.3 is 0 Å². The molecule has 3 nitrogen and oxygen atoms in total. The van der Waals surface area contributed by atoms with Crippen LogP contribution in [0.25, 0.3) is 0 Å². The van der Waals surface area contributed by atoms with Gasteiger partial charge in [0.15, 0.2) is 11.5 Å². The van der Waals surface area contributed by atoms with Crippen molar-refractivity contribution in [1.82, 2.24) is 0 Å². The minimum absolute atomic E-state index is 0.0165. The summed E-state index contributed by atoms with van der Waals surface area (Å²) in [6.07, 6.45) is 5.27. The van der Waals surface area contributed by atoms with Crippen LogP contribution in [0.3, 0.4) is 0 Å². The molecule has 1 aliphatic rings. The third-order valence-electron chi connectivity index (χ3n) is 3.66. The van der Waals surface area contributed by atoms with Crippen molar-refractivity contribution in [2.45, 2.75) is 38.6 Å². The fourth-order valence-corrected chi connectivity index (χ4v) is 2.47. The Balaban J connectivity index is 2.02. The lowest BCUT2D eigenvalue weighted by atomic mass is 10.1. The fraction of sp³-hybridized carbons (Fsp3) is 0.600. The minimum Gasteiger partial charge on any atom is -0.493 e. The van der Waals surface area contributed by atoms with Crippen LogP contribution < -0.4 is 15.2 Å². The number of methoxy groups -OCH3 is 1. The molecule has 1 atom stereocenters. The van der Waals surface area contributed by atoms with Gasteiger partial charge in [0.1, 0.15) is 0 Å². The molecule has 1 aliphatic carbocycles. The van der Waals surface area contributed by atoms with Crippen LogP contribution in [-0.2, 0) is 0 Å². The summed E-state index contributed by atoms with van der Waals surface area (Å²) >= 11 is 0. The highest BCUT2D eigenvalue weighted by Gasteiger charge is 2.16. The molecular weight excluding hydrogens is 226 g/mol. The first-order valence-electron chi connectivity index (χ1n) is 6.77. The lowest BCUT2D eigenvalue weighted by Crippen LogP contribution is -2.09. The molecule has 2 N–H and O–H groups in total. The summed E-state index contributed by atoms with van der Waals surface area (Å²) in [7, 11) is 1.67. The van der Waals surface area contributed by atoms with Gasteiger partial charge in [-0.05, 0) is 43.4 Å². The van der Waals surface area contributed by atoms with Crippen molar-refractivity contribution in [2.24, 2.45) is 11.7 Å². The fourth-order valence-electron chi connectivity index (χ4n) is 2.47. The maximum atomic E-state index is 5.88. The number of nitrogens with two attached hydrogens (primary N) is 1. The second-order valence-electron chi connectivity index (χ2n) is 5.16. The molecule has 0 amide bonds. The smallest absolute Gasteiger partial charge is 0.161 e. The minimum atomic E-state index is 0.0165. The highest BCUT2D eigenvalue weighted by molar-refractivity contribution is 5.43. The third-order valence-corrected chi connectivity index (χ3v) is 3.66. The van der Waals surface area contributed by atoms with E-state index in [2.05, 4.69) is 0 Å². The largest absolute Gasteiger partial charge is 0.493 e. The predicted octanol–water partition coefficient (Wildman–Crippen LogP) is 3.28. The molecule has 0 aromatic heterocycles. The van der Waals surface area contributed by atoms with E-state index in [9.17, 15) is 0 Å². The van der Waals surface area contributed by atoms with Gasteiger partial charge < -0.3 is 15.2 Å². The van der Waals surface area contributed by atoms with E-state index in [-0.39, 0.29) is 6.04 Å². The van der Waals surface area contributed by atoms with Crippen molar-refractivity contribution >= 4 is 0 Å². The zero-order valence-corrected chi connectivity index (χ0v) is 11.3. The van der Waals surface area contributed by atoms with Crippen LogP contribution >= 0.6 is 0 Å². The molecule has 18 heavy (non-hydrogen) atoms. The van der Waals surface area contributed by atoms with Gasteiger partial charge in [-0.25, -0.2) is 0 Å². The first-order valence-corrected chi connectivity index (χ1v) is 6.77. The molecule has 1 fully saturated rings. The number of ether oxygens (including phenoxy) is 2. The molecule has 0 unspecified atom stereocenters. The lowest BCUT2D eigenvalue weighted by molar-refractivity contribution is 0.240. The van der Waals surface area contributed by atoms with Crippen LogP contribution in [0, 0.1) is 5.92 Å². The first-order chi connectivity index (χ1) is 8.70. The van der Waals surface area contributed by atoms with E-state index in [0.29, 0.717) is 5.92 Å². The normalized spacial score (nSPS) is 17.7.